The Morgan fingerprint density at radius 3 is 2.89 bits per heavy atom. The van der Waals surface area contributed by atoms with Crippen molar-refractivity contribution in [1.29, 1.82) is 0 Å². The first kappa shape index (κ1) is 17.4. The minimum absolute atomic E-state index is 0.178. The topological polar surface area (TPSA) is 68.5 Å². The van der Waals surface area contributed by atoms with Crippen LogP contribution < -0.4 is 10.5 Å². The van der Waals surface area contributed by atoms with E-state index in [0.717, 1.165) is 46.1 Å². The van der Waals surface area contributed by atoms with E-state index in [4.69, 9.17) is 15.5 Å². The lowest BCUT2D eigenvalue weighted by molar-refractivity contribution is -0.112. The van der Waals surface area contributed by atoms with E-state index in [2.05, 4.69) is 0 Å². The second kappa shape index (κ2) is 6.63. The molecule has 0 fully saturated rings. The number of likely N-dealkylation sites (N-methyl/N-ethyl adjacent to an activating group) is 1. The number of pyridine rings is 1. The summed E-state index contributed by atoms with van der Waals surface area (Å²) in [6, 6.07) is 10.1. The number of aromatic nitrogens is 1. The summed E-state index contributed by atoms with van der Waals surface area (Å²) in [6.45, 7) is 3.32. The number of fused-ring (bicyclic) bond motifs is 2. The highest BCUT2D eigenvalue weighted by Gasteiger charge is 2.33. The predicted octanol–water partition coefficient (Wildman–Crippen LogP) is 3.71. The maximum absolute atomic E-state index is 13.8. The average Bonchev–Trinajstić information content (AvgIpc) is 3.06. The molecule has 3 aromatic rings. The van der Waals surface area contributed by atoms with Crippen LogP contribution in [-0.2, 0) is 11.3 Å². The number of para-hydroxylation sites is 1. The van der Waals surface area contributed by atoms with Gasteiger partial charge in [0.2, 0.25) is 0 Å². The lowest BCUT2D eigenvalue weighted by Crippen LogP contribution is -2.22. The van der Waals surface area contributed by atoms with E-state index in [1.165, 1.54) is 13.2 Å². The molecule has 0 spiro atoms. The van der Waals surface area contributed by atoms with Gasteiger partial charge >= 0.3 is 0 Å². The summed E-state index contributed by atoms with van der Waals surface area (Å²) in [5, 5.41) is 0.791. The van der Waals surface area contributed by atoms with Crippen LogP contribution in [-0.4, -0.2) is 29.8 Å². The van der Waals surface area contributed by atoms with Crippen LogP contribution in [0.5, 0.6) is 5.75 Å². The predicted molar refractivity (Wildman–Crippen MR) is 103 cm³/mol. The van der Waals surface area contributed by atoms with Gasteiger partial charge in [-0.05, 0) is 24.2 Å². The fourth-order valence-corrected chi connectivity index (χ4v) is 3.82. The van der Waals surface area contributed by atoms with Gasteiger partial charge in [0.15, 0.2) is 11.6 Å². The van der Waals surface area contributed by atoms with E-state index in [1.807, 2.05) is 30.0 Å². The fraction of sp³-hybridized carbons (Fsp3) is 0.238. The number of hydrogen-bond donors (Lipinski definition) is 1. The van der Waals surface area contributed by atoms with Crippen LogP contribution in [0.25, 0.3) is 22.0 Å². The Kier molecular flexibility index (Phi) is 4.28. The molecular formula is C21H20FN3O2. The van der Waals surface area contributed by atoms with E-state index in [9.17, 15) is 9.18 Å². The molecule has 0 saturated heterocycles. The van der Waals surface area contributed by atoms with Gasteiger partial charge in [0.1, 0.15) is 6.29 Å². The van der Waals surface area contributed by atoms with E-state index in [-0.39, 0.29) is 11.8 Å². The number of carbonyl (C=O) groups is 1. The molecule has 2 heterocycles. The molecule has 27 heavy (non-hydrogen) atoms. The van der Waals surface area contributed by atoms with Crippen molar-refractivity contribution in [2.45, 2.75) is 19.5 Å². The van der Waals surface area contributed by atoms with E-state index < -0.39 is 5.82 Å². The van der Waals surface area contributed by atoms with Crippen LogP contribution >= 0.6 is 0 Å². The number of carbonyl (C=O) groups excluding carboxylic acids is 1. The summed E-state index contributed by atoms with van der Waals surface area (Å²) in [6.07, 6.45) is 0.924. The van der Waals surface area contributed by atoms with Crippen molar-refractivity contribution in [3.05, 3.63) is 53.5 Å². The maximum Gasteiger partial charge on any atom is 0.165 e. The van der Waals surface area contributed by atoms with Crippen LogP contribution in [0.15, 0.2) is 36.4 Å². The smallest absolute Gasteiger partial charge is 0.165 e. The Labute approximate surface area is 156 Å². The molecule has 6 heteroatoms. The van der Waals surface area contributed by atoms with Crippen molar-refractivity contribution in [3.63, 3.8) is 0 Å². The Balaban J connectivity index is 1.96. The van der Waals surface area contributed by atoms with Crippen LogP contribution in [0.2, 0.25) is 0 Å². The number of benzene rings is 2. The van der Waals surface area contributed by atoms with Gasteiger partial charge in [-0.3, -0.25) is 9.88 Å². The van der Waals surface area contributed by atoms with Crippen molar-refractivity contribution in [2.75, 3.05) is 19.4 Å². The summed E-state index contributed by atoms with van der Waals surface area (Å²) in [4.78, 5) is 18.5. The van der Waals surface area contributed by atoms with Gasteiger partial charge in [0.05, 0.1) is 24.4 Å². The van der Waals surface area contributed by atoms with E-state index in [0.29, 0.717) is 12.2 Å². The summed E-state index contributed by atoms with van der Waals surface area (Å²) < 4.78 is 18.9. The van der Waals surface area contributed by atoms with Crippen LogP contribution in [0.1, 0.15) is 24.2 Å². The lowest BCUT2D eigenvalue weighted by atomic mass is 9.97. The zero-order valence-electron chi connectivity index (χ0n) is 15.2. The second-order valence-electron chi connectivity index (χ2n) is 6.58. The molecule has 0 aliphatic carbocycles. The molecular weight excluding hydrogens is 345 g/mol. The molecule has 138 valence electrons. The standard InChI is InChI=1S/C21H20FN3O2/c1-3-25-10-16-19(17(25)11-26)20(23)14-6-4-5-13(21(14)24-16)12-7-8-15(22)18(9-12)27-2/h4-9,11,17H,3,10H2,1-2H3,(H2,23,24). The van der Waals surface area contributed by atoms with Crippen molar-refractivity contribution < 1.29 is 13.9 Å². The highest BCUT2D eigenvalue weighted by Crippen LogP contribution is 2.41. The normalized spacial score (nSPS) is 16.5. The summed E-state index contributed by atoms with van der Waals surface area (Å²) in [5.74, 6) is -0.237. The van der Waals surface area contributed by atoms with Gasteiger partial charge in [0.25, 0.3) is 0 Å². The van der Waals surface area contributed by atoms with Crippen LogP contribution in [0, 0.1) is 5.82 Å². The molecule has 0 bridgehead atoms. The largest absolute Gasteiger partial charge is 0.494 e. The Morgan fingerprint density at radius 1 is 1.37 bits per heavy atom. The first-order valence-corrected chi connectivity index (χ1v) is 8.83. The molecule has 1 unspecified atom stereocenters. The molecule has 2 aromatic carbocycles. The molecule has 0 saturated carbocycles. The first-order chi connectivity index (χ1) is 13.1. The number of ether oxygens (including phenoxy) is 1. The van der Waals surface area contributed by atoms with Crippen LogP contribution in [0.4, 0.5) is 10.1 Å². The number of nitrogen functional groups attached to an aromatic ring is 1. The van der Waals surface area contributed by atoms with Gasteiger partial charge in [-0.25, -0.2) is 4.39 Å². The van der Waals surface area contributed by atoms with Gasteiger partial charge in [-0.2, -0.15) is 0 Å². The molecule has 5 nitrogen and oxygen atoms in total. The van der Waals surface area contributed by atoms with Gasteiger partial charge < -0.3 is 15.3 Å². The molecule has 1 aromatic heterocycles. The Morgan fingerprint density at radius 2 is 2.19 bits per heavy atom. The minimum Gasteiger partial charge on any atom is -0.494 e. The van der Waals surface area contributed by atoms with Crippen molar-refractivity contribution in [1.82, 2.24) is 9.88 Å². The number of aldehydes is 1. The minimum atomic E-state index is -0.415. The number of nitrogens with zero attached hydrogens (tertiary/aromatic N) is 2. The SMILES string of the molecule is CCN1Cc2nc3c(-c4ccc(F)c(OC)c4)cccc3c(N)c2C1C=O. The average molecular weight is 365 g/mol. The molecule has 0 amide bonds. The number of methoxy groups -OCH3 is 1. The van der Waals surface area contributed by atoms with E-state index >= 15 is 0 Å². The fourth-order valence-electron chi connectivity index (χ4n) is 3.82. The number of rotatable bonds is 4. The molecule has 1 aliphatic heterocycles. The highest BCUT2D eigenvalue weighted by atomic mass is 19.1. The number of hydrogen-bond acceptors (Lipinski definition) is 5. The third-order valence-electron chi connectivity index (χ3n) is 5.21. The van der Waals surface area contributed by atoms with Gasteiger partial charge in [-0.15, -0.1) is 0 Å². The van der Waals surface area contributed by atoms with Crippen LogP contribution in [0.3, 0.4) is 0 Å². The summed E-state index contributed by atoms with van der Waals surface area (Å²) in [5.41, 5.74) is 11.1. The molecule has 1 atom stereocenters. The zero-order chi connectivity index (χ0) is 19.1. The molecule has 4 rings (SSSR count). The molecule has 2 N–H and O–H groups in total. The molecule has 0 radical (unpaired) electrons. The molecule has 1 aliphatic rings. The Hall–Kier alpha value is -2.99. The first-order valence-electron chi connectivity index (χ1n) is 8.83. The number of halogens is 1. The zero-order valence-corrected chi connectivity index (χ0v) is 15.2. The number of nitrogens with two attached hydrogens (primary N) is 1. The van der Waals surface area contributed by atoms with Gasteiger partial charge in [0, 0.05) is 28.7 Å². The lowest BCUT2D eigenvalue weighted by Gasteiger charge is -2.18. The summed E-state index contributed by atoms with van der Waals surface area (Å²) in [7, 11) is 1.44. The highest BCUT2D eigenvalue weighted by molar-refractivity contribution is 6.02. The second-order valence-corrected chi connectivity index (χ2v) is 6.58. The van der Waals surface area contributed by atoms with Crippen molar-refractivity contribution in [2.24, 2.45) is 0 Å². The third kappa shape index (κ3) is 2.64. The van der Waals surface area contributed by atoms with Crippen molar-refractivity contribution >= 4 is 22.9 Å². The quantitative estimate of drug-likeness (QED) is 0.714. The van der Waals surface area contributed by atoms with Crippen molar-refractivity contribution in [3.8, 4) is 16.9 Å². The maximum atomic E-state index is 13.8. The third-order valence-corrected chi connectivity index (χ3v) is 5.21. The number of anilines is 1. The monoisotopic (exact) mass is 365 g/mol. The Bertz CT molecular complexity index is 1050. The van der Waals surface area contributed by atoms with Gasteiger partial charge in [-0.1, -0.05) is 31.2 Å². The van der Waals surface area contributed by atoms with E-state index in [1.54, 1.807) is 12.1 Å². The summed E-state index contributed by atoms with van der Waals surface area (Å²) >= 11 is 0.